The van der Waals surface area contributed by atoms with Gasteiger partial charge in [-0.15, -0.1) is 6.58 Å². The first-order chi connectivity index (χ1) is 12.2. The van der Waals surface area contributed by atoms with E-state index >= 15 is 0 Å². The summed E-state index contributed by atoms with van der Waals surface area (Å²) in [4.78, 5) is 16.6. The van der Waals surface area contributed by atoms with E-state index in [0.717, 1.165) is 27.6 Å². The number of carbonyl (C=O) groups excluding carboxylic acids is 1. The van der Waals surface area contributed by atoms with E-state index in [1.807, 2.05) is 48.5 Å². The number of methoxy groups -OCH3 is 1. The Morgan fingerprint density at radius 3 is 2.76 bits per heavy atom. The maximum atomic E-state index is 11.9. The minimum Gasteiger partial charge on any atom is -0.497 e. The highest BCUT2D eigenvalue weighted by molar-refractivity contribution is 7.99. The van der Waals surface area contributed by atoms with Gasteiger partial charge in [0.1, 0.15) is 5.75 Å². The van der Waals surface area contributed by atoms with Crippen molar-refractivity contribution in [1.29, 1.82) is 0 Å². The van der Waals surface area contributed by atoms with Gasteiger partial charge < -0.3 is 10.1 Å². The smallest absolute Gasteiger partial charge is 0.230 e. The SMILES string of the molecule is C=CCNC(=O)CSc1nc2ccccc2n1-c1ccc(OC)cc1. The molecular formula is C19H19N3O2S. The lowest BCUT2D eigenvalue weighted by molar-refractivity contribution is -0.118. The maximum Gasteiger partial charge on any atom is 0.230 e. The van der Waals surface area contributed by atoms with Crippen LogP contribution in [0.1, 0.15) is 0 Å². The van der Waals surface area contributed by atoms with Gasteiger partial charge in [0.2, 0.25) is 5.91 Å². The van der Waals surface area contributed by atoms with Crippen LogP contribution in [0.2, 0.25) is 0 Å². The van der Waals surface area contributed by atoms with Crippen molar-refractivity contribution in [1.82, 2.24) is 14.9 Å². The minimum absolute atomic E-state index is 0.0433. The van der Waals surface area contributed by atoms with Crippen LogP contribution in [0.3, 0.4) is 0 Å². The minimum atomic E-state index is -0.0433. The lowest BCUT2D eigenvalue weighted by Gasteiger charge is -2.10. The molecule has 0 saturated carbocycles. The molecule has 0 spiro atoms. The molecule has 1 aromatic heterocycles. The summed E-state index contributed by atoms with van der Waals surface area (Å²) in [5, 5.41) is 3.56. The lowest BCUT2D eigenvalue weighted by atomic mass is 10.2. The van der Waals surface area contributed by atoms with Crippen LogP contribution in [0, 0.1) is 0 Å². The van der Waals surface area contributed by atoms with Crippen LogP contribution in [-0.4, -0.2) is 34.9 Å². The van der Waals surface area contributed by atoms with Crippen LogP contribution in [-0.2, 0) is 4.79 Å². The van der Waals surface area contributed by atoms with Crippen LogP contribution in [0.4, 0.5) is 0 Å². The number of nitrogens with zero attached hydrogens (tertiary/aromatic N) is 2. The van der Waals surface area contributed by atoms with Crippen LogP contribution in [0.5, 0.6) is 5.75 Å². The molecule has 25 heavy (non-hydrogen) atoms. The van der Waals surface area contributed by atoms with Crippen LogP contribution < -0.4 is 10.1 Å². The predicted molar refractivity (Wildman–Crippen MR) is 102 cm³/mol. The monoisotopic (exact) mass is 353 g/mol. The molecule has 2 aromatic carbocycles. The average Bonchev–Trinajstić information content (AvgIpc) is 3.03. The van der Waals surface area contributed by atoms with Crippen molar-refractivity contribution >= 4 is 28.7 Å². The van der Waals surface area contributed by atoms with Gasteiger partial charge in [0.25, 0.3) is 0 Å². The molecule has 128 valence electrons. The molecule has 0 fully saturated rings. The molecule has 0 saturated heterocycles. The first-order valence-corrected chi connectivity index (χ1v) is 8.84. The summed E-state index contributed by atoms with van der Waals surface area (Å²) >= 11 is 1.41. The number of fused-ring (bicyclic) bond motifs is 1. The van der Waals surface area contributed by atoms with Crippen molar-refractivity contribution in [3.05, 3.63) is 61.2 Å². The van der Waals surface area contributed by atoms with E-state index in [0.29, 0.717) is 12.3 Å². The highest BCUT2D eigenvalue weighted by Gasteiger charge is 2.14. The molecule has 0 aliphatic rings. The summed E-state index contributed by atoms with van der Waals surface area (Å²) in [5.41, 5.74) is 2.87. The van der Waals surface area contributed by atoms with Gasteiger partial charge in [-0.3, -0.25) is 9.36 Å². The number of para-hydroxylation sites is 2. The predicted octanol–water partition coefficient (Wildman–Crippen LogP) is 3.43. The summed E-state index contributed by atoms with van der Waals surface area (Å²) in [7, 11) is 1.64. The molecule has 3 rings (SSSR count). The zero-order valence-electron chi connectivity index (χ0n) is 13.9. The fourth-order valence-electron chi connectivity index (χ4n) is 2.45. The maximum absolute atomic E-state index is 11.9. The van der Waals surface area contributed by atoms with Crippen LogP contribution >= 0.6 is 11.8 Å². The molecule has 0 unspecified atom stereocenters. The van der Waals surface area contributed by atoms with E-state index in [9.17, 15) is 4.79 Å². The van der Waals surface area contributed by atoms with E-state index < -0.39 is 0 Å². The quantitative estimate of drug-likeness (QED) is 0.522. The van der Waals surface area contributed by atoms with E-state index in [4.69, 9.17) is 4.74 Å². The van der Waals surface area contributed by atoms with Crippen LogP contribution in [0.15, 0.2) is 66.3 Å². The molecular weight excluding hydrogens is 334 g/mol. The Morgan fingerprint density at radius 1 is 1.28 bits per heavy atom. The molecule has 1 N–H and O–H groups in total. The molecule has 1 heterocycles. The van der Waals surface area contributed by atoms with Gasteiger partial charge in [-0.2, -0.15) is 0 Å². The first-order valence-electron chi connectivity index (χ1n) is 7.85. The Morgan fingerprint density at radius 2 is 2.04 bits per heavy atom. The summed E-state index contributed by atoms with van der Waals surface area (Å²) in [6, 6.07) is 15.7. The Bertz CT molecular complexity index is 887. The zero-order valence-corrected chi connectivity index (χ0v) is 14.8. The normalized spacial score (nSPS) is 10.6. The Kier molecular flexibility index (Phi) is 5.40. The highest BCUT2D eigenvalue weighted by atomic mass is 32.2. The molecule has 6 heteroatoms. The van der Waals surface area contributed by atoms with Gasteiger partial charge in [-0.25, -0.2) is 4.98 Å². The highest BCUT2D eigenvalue weighted by Crippen LogP contribution is 2.28. The van der Waals surface area contributed by atoms with E-state index in [2.05, 4.69) is 21.4 Å². The van der Waals surface area contributed by atoms with E-state index in [1.54, 1.807) is 13.2 Å². The first kappa shape index (κ1) is 17.1. The Balaban J connectivity index is 1.94. The second-order valence-corrected chi connectivity index (χ2v) is 6.24. The lowest BCUT2D eigenvalue weighted by Crippen LogP contribution is -2.25. The van der Waals surface area contributed by atoms with Crippen molar-refractivity contribution in [2.24, 2.45) is 0 Å². The third kappa shape index (κ3) is 3.85. The number of aromatic nitrogens is 2. The van der Waals surface area contributed by atoms with Gasteiger partial charge in [0.05, 0.1) is 23.9 Å². The van der Waals surface area contributed by atoms with Crippen molar-refractivity contribution in [3.8, 4) is 11.4 Å². The topological polar surface area (TPSA) is 56.2 Å². The fraction of sp³-hybridized carbons (Fsp3) is 0.158. The number of hydrogen-bond donors (Lipinski definition) is 1. The third-order valence-electron chi connectivity index (χ3n) is 3.64. The number of carbonyl (C=O) groups is 1. The number of imidazole rings is 1. The van der Waals surface area contributed by atoms with Crippen LogP contribution in [0.25, 0.3) is 16.7 Å². The molecule has 0 atom stereocenters. The average molecular weight is 353 g/mol. The standard InChI is InChI=1S/C19H19N3O2S/c1-3-12-20-18(23)13-25-19-21-16-6-4-5-7-17(16)22(19)14-8-10-15(24-2)11-9-14/h3-11H,1,12-13H2,2H3,(H,20,23). The number of ether oxygens (including phenoxy) is 1. The van der Waals surface area contributed by atoms with Gasteiger partial charge in [0.15, 0.2) is 5.16 Å². The van der Waals surface area contributed by atoms with Crippen molar-refractivity contribution in [2.45, 2.75) is 5.16 Å². The largest absolute Gasteiger partial charge is 0.497 e. The van der Waals surface area contributed by atoms with E-state index in [1.165, 1.54) is 11.8 Å². The third-order valence-corrected chi connectivity index (χ3v) is 4.58. The van der Waals surface area contributed by atoms with Gasteiger partial charge in [-0.1, -0.05) is 30.0 Å². The second-order valence-electron chi connectivity index (χ2n) is 5.30. The Hall–Kier alpha value is -2.73. The molecule has 1 amide bonds. The summed E-state index contributed by atoms with van der Waals surface area (Å²) < 4.78 is 7.29. The number of benzene rings is 2. The van der Waals surface area contributed by atoms with Gasteiger partial charge >= 0.3 is 0 Å². The van der Waals surface area contributed by atoms with Crippen molar-refractivity contribution in [2.75, 3.05) is 19.4 Å². The molecule has 0 aliphatic carbocycles. The Labute approximate surface area is 150 Å². The number of hydrogen-bond acceptors (Lipinski definition) is 4. The fourth-order valence-corrected chi connectivity index (χ4v) is 3.31. The second kappa shape index (κ2) is 7.90. The van der Waals surface area contributed by atoms with E-state index in [-0.39, 0.29) is 5.91 Å². The molecule has 5 nitrogen and oxygen atoms in total. The molecule has 0 radical (unpaired) electrons. The zero-order chi connectivity index (χ0) is 17.6. The summed E-state index contributed by atoms with van der Waals surface area (Å²) in [6.45, 7) is 4.07. The number of thioether (sulfide) groups is 1. The van der Waals surface area contributed by atoms with Gasteiger partial charge in [0, 0.05) is 12.2 Å². The number of rotatable bonds is 7. The molecule has 0 bridgehead atoms. The van der Waals surface area contributed by atoms with Crippen molar-refractivity contribution in [3.63, 3.8) is 0 Å². The molecule has 0 aliphatic heterocycles. The summed E-state index contributed by atoms with van der Waals surface area (Å²) in [6.07, 6.45) is 1.66. The van der Waals surface area contributed by atoms with Crippen molar-refractivity contribution < 1.29 is 9.53 Å². The van der Waals surface area contributed by atoms with Gasteiger partial charge in [-0.05, 0) is 36.4 Å². The number of amides is 1. The summed E-state index contributed by atoms with van der Waals surface area (Å²) in [5.74, 6) is 1.05. The molecule has 3 aromatic rings. The number of nitrogens with one attached hydrogen (secondary N) is 1.